The minimum absolute atomic E-state index is 0.00620. The number of aliphatic hydroxyl groups is 1. The number of hydrogen-bond donors (Lipinski definition) is 2. The van der Waals surface area contributed by atoms with E-state index in [1.807, 2.05) is 0 Å². The van der Waals surface area contributed by atoms with Gasteiger partial charge in [0.1, 0.15) is 29.4 Å². The maximum absolute atomic E-state index is 16.6. The number of aromatic nitrogens is 3. The number of piperidine rings is 1. The number of phenolic OH excluding ortho intramolecular Hbond substituents is 1. The number of pyridine rings is 1. The van der Waals surface area contributed by atoms with E-state index < -0.39 is 5.82 Å². The van der Waals surface area contributed by atoms with E-state index in [2.05, 4.69) is 19.8 Å². The molecule has 41 heavy (non-hydrogen) atoms. The Kier molecular flexibility index (Phi) is 6.10. The number of benzene rings is 1. The molecule has 10 heteroatoms. The zero-order chi connectivity index (χ0) is 27.9. The fourth-order valence-electron chi connectivity index (χ4n) is 8.16. The van der Waals surface area contributed by atoms with Crippen molar-refractivity contribution in [1.82, 2.24) is 19.9 Å². The van der Waals surface area contributed by atoms with E-state index in [4.69, 9.17) is 21.3 Å². The van der Waals surface area contributed by atoms with Crippen molar-refractivity contribution in [3.8, 4) is 23.0 Å². The molecule has 2 saturated carbocycles. The number of hydrogen-bond acceptors (Lipinski definition) is 8. The van der Waals surface area contributed by atoms with Crippen LogP contribution in [0, 0.1) is 17.7 Å². The monoisotopic (exact) mass is 579 g/mol. The SMILES string of the molecule is Oc1cc(Cl)c(C2CC2)c(-c2ncc3c(N4C[C@H]5C[C@@H](C4)[C@H](O)C5)nc(OCC45CCCN4CCC5)nc3c2F)c1. The van der Waals surface area contributed by atoms with Gasteiger partial charge in [0, 0.05) is 35.8 Å². The maximum Gasteiger partial charge on any atom is 0.319 e. The molecular weight excluding hydrogens is 545 g/mol. The Balaban J connectivity index is 1.24. The van der Waals surface area contributed by atoms with Crippen LogP contribution >= 0.6 is 11.6 Å². The minimum Gasteiger partial charge on any atom is -0.508 e. The highest BCUT2D eigenvalue weighted by atomic mass is 35.5. The van der Waals surface area contributed by atoms with Crippen LogP contribution in [0.15, 0.2) is 18.3 Å². The highest BCUT2D eigenvalue weighted by Crippen LogP contribution is 2.49. The lowest BCUT2D eigenvalue weighted by Crippen LogP contribution is -2.43. The number of halogens is 2. The topological polar surface area (TPSA) is 94.8 Å². The Bertz CT molecular complexity index is 1520. The molecule has 3 aliphatic heterocycles. The third-order valence-corrected chi connectivity index (χ3v) is 10.6. The molecule has 0 radical (unpaired) electrons. The van der Waals surface area contributed by atoms with Crippen LogP contribution in [0.1, 0.15) is 62.8 Å². The van der Waals surface area contributed by atoms with Crippen LogP contribution < -0.4 is 9.64 Å². The van der Waals surface area contributed by atoms with Crippen LogP contribution in [0.5, 0.6) is 11.8 Å². The van der Waals surface area contributed by atoms with Gasteiger partial charge in [0.25, 0.3) is 0 Å². The summed E-state index contributed by atoms with van der Waals surface area (Å²) >= 11 is 6.55. The van der Waals surface area contributed by atoms with Gasteiger partial charge in [-0.05, 0) is 94.0 Å². The molecule has 2 aliphatic carbocycles. The zero-order valence-electron chi connectivity index (χ0n) is 23.0. The van der Waals surface area contributed by atoms with Gasteiger partial charge in [0.2, 0.25) is 0 Å². The van der Waals surface area contributed by atoms with Crippen LogP contribution in [-0.4, -0.2) is 74.5 Å². The van der Waals surface area contributed by atoms with Crippen molar-refractivity contribution in [3.63, 3.8) is 0 Å². The summed E-state index contributed by atoms with van der Waals surface area (Å²) < 4.78 is 22.9. The van der Waals surface area contributed by atoms with Gasteiger partial charge in [-0.15, -0.1) is 0 Å². The first kappa shape index (κ1) is 25.9. The van der Waals surface area contributed by atoms with Crippen molar-refractivity contribution in [2.24, 2.45) is 11.8 Å². The Morgan fingerprint density at radius 1 is 1.10 bits per heavy atom. The second-order valence-electron chi connectivity index (χ2n) is 13.0. The zero-order valence-corrected chi connectivity index (χ0v) is 23.8. The van der Waals surface area contributed by atoms with E-state index in [1.54, 1.807) is 12.3 Å². The molecule has 2 aromatic heterocycles. The molecule has 5 aliphatic rings. The molecule has 3 atom stereocenters. The van der Waals surface area contributed by atoms with E-state index in [0.717, 1.165) is 76.6 Å². The lowest BCUT2D eigenvalue weighted by Gasteiger charge is -2.34. The molecule has 3 saturated heterocycles. The fraction of sp³-hybridized carbons (Fsp3) is 0.581. The van der Waals surface area contributed by atoms with E-state index in [9.17, 15) is 10.2 Å². The van der Waals surface area contributed by atoms with E-state index in [-0.39, 0.29) is 46.4 Å². The van der Waals surface area contributed by atoms with Crippen LogP contribution in [0.4, 0.5) is 10.2 Å². The van der Waals surface area contributed by atoms with Crippen LogP contribution in [0.25, 0.3) is 22.2 Å². The largest absolute Gasteiger partial charge is 0.508 e. The number of ether oxygens (including phenoxy) is 1. The average Bonchev–Trinajstić information content (AvgIpc) is 3.49. The van der Waals surface area contributed by atoms with Crippen LogP contribution in [0.2, 0.25) is 5.02 Å². The molecular formula is C31H35ClFN5O3. The van der Waals surface area contributed by atoms with Crippen LogP contribution in [-0.2, 0) is 0 Å². The summed E-state index contributed by atoms with van der Waals surface area (Å²) in [5.74, 6) is 0.777. The van der Waals surface area contributed by atoms with Crippen molar-refractivity contribution in [3.05, 3.63) is 34.7 Å². The Labute approximate surface area is 243 Å². The molecule has 0 amide bonds. The second kappa shape index (κ2) is 9.64. The van der Waals surface area contributed by atoms with Crippen molar-refractivity contribution in [2.45, 2.75) is 68.9 Å². The molecule has 3 aromatic rings. The highest BCUT2D eigenvalue weighted by molar-refractivity contribution is 6.32. The number of rotatable bonds is 6. The van der Waals surface area contributed by atoms with Gasteiger partial charge in [0.05, 0.1) is 17.0 Å². The number of aromatic hydroxyl groups is 1. The van der Waals surface area contributed by atoms with Gasteiger partial charge in [0.15, 0.2) is 5.82 Å². The lowest BCUT2D eigenvalue weighted by atomic mass is 9.95. The fourth-order valence-corrected chi connectivity index (χ4v) is 8.53. The summed E-state index contributed by atoms with van der Waals surface area (Å²) in [5, 5.41) is 21.9. The third-order valence-electron chi connectivity index (χ3n) is 10.3. The molecule has 0 spiro atoms. The summed E-state index contributed by atoms with van der Waals surface area (Å²) in [7, 11) is 0. The normalized spacial score (nSPS) is 27.1. The molecule has 8 nitrogen and oxygen atoms in total. The lowest BCUT2D eigenvalue weighted by molar-refractivity contribution is 0.108. The van der Waals surface area contributed by atoms with Gasteiger partial charge in [-0.2, -0.15) is 9.97 Å². The Morgan fingerprint density at radius 3 is 2.66 bits per heavy atom. The number of aliphatic hydroxyl groups excluding tert-OH is 1. The van der Waals surface area contributed by atoms with E-state index in [1.165, 1.54) is 6.07 Å². The van der Waals surface area contributed by atoms with Crippen LogP contribution in [0.3, 0.4) is 0 Å². The summed E-state index contributed by atoms with van der Waals surface area (Å²) in [6, 6.07) is 3.23. The Hall–Kier alpha value is -2.75. The average molecular weight is 580 g/mol. The van der Waals surface area contributed by atoms with Gasteiger partial charge < -0.3 is 19.8 Å². The molecule has 8 rings (SSSR count). The highest BCUT2D eigenvalue weighted by Gasteiger charge is 2.45. The van der Waals surface area contributed by atoms with E-state index >= 15 is 4.39 Å². The predicted molar refractivity (Wildman–Crippen MR) is 154 cm³/mol. The molecule has 5 fully saturated rings. The summed E-state index contributed by atoms with van der Waals surface area (Å²) in [4.78, 5) is 18.8. The summed E-state index contributed by atoms with van der Waals surface area (Å²) in [6.07, 6.45) is 9.54. The number of anilines is 1. The first-order valence-electron chi connectivity index (χ1n) is 15.1. The quantitative estimate of drug-likeness (QED) is 0.407. The molecule has 1 aromatic carbocycles. The van der Waals surface area contributed by atoms with Gasteiger partial charge in [-0.3, -0.25) is 9.88 Å². The predicted octanol–water partition coefficient (Wildman–Crippen LogP) is 5.28. The smallest absolute Gasteiger partial charge is 0.319 e. The third kappa shape index (κ3) is 4.34. The molecule has 2 bridgehead atoms. The number of fused-ring (bicyclic) bond motifs is 4. The standard InChI is InChI=1S/C31H35ClFN5O3/c32-23-12-20(39)11-21(25(23)18-3-4-18)27-26(33)28-22(13-34-27)29(37-14-17-9-19(15-37)24(40)10-17)36-30(35-28)41-16-31-5-1-7-38(31)8-2-6-31/h11-13,17-19,24,39-40H,1-10,14-16H2/t17-,19-,24+/m0/s1. The number of phenols is 1. The van der Waals surface area contributed by atoms with Crippen molar-refractivity contribution in [1.29, 1.82) is 0 Å². The summed E-state index contributed by atoms with van der Waals surface area (Å²) in [5.41, 5.74) is 1.61. The molecule has 216 valence electrons. The Morgan fingerprint density at radius 2 is 1.90 bits per heavy atom. The minimum atomic E-state index is -0.568. The number of nitrogens with zero attached hydrogens (tertiary/aromatic N) is 5. The van der Waals surface area contributed by atoms with Crippen molar-refractivity contribution in [2.75, 3.05) is 37.7 Å². The van der Waals surface area contributed by atoms with Gasteiger partial charge in [-0.25, -0.2) is 4.39 Å². The molecule has 5 heterocycles. The summed E-state index contributed by atoms with van der Waals surface area (Å²) in [6.45, 7) is 4.05. The van der Waals surface area contributed by atoms with Crippen molar-refractivity contribution >= 4 is 28.3 Å². The first-order chi connectivity index (χ1) is 19.9. The van der Waals surface area contributed by atoms with Gasteiger partial charge in [-0.1, -0.05) is 11.6 Å². The second-order valence-corrected chi connectivity index (χ2v) is 13.4. The molecule has 0 unspecified atom stereocenters. The molecule has 2 N–H and O–H groups in total. The van der Waals surface area contributed by atoms with Crippen molar-refractivity contribution < 1.29 is 19.3 Å². The maximum atomic E-state index is 16.6. The van der Waals surface area contributed by atoms with Gasteiger partial charge >= 0.3 is 6.01 Å². The van der Waals surface area contributed by atoms with E-state index in [0.29, 0.717) is 40.9 Å². The first-order valence-corrected chi connectivity index (χ1v) is 15.5.